The minimum Gasteiger partial charge on any atom is -0.464 e. The molecule has 0 amide bonds. The minimum atomic E-state index is -0.410. The lowest BCUT2D eigenvalue weighted by Crippen LogP contribution is -2.10. The number of methoxy groups -OCH3 is 1. The fourth-order valence-corrected chi connectivity index (χ4v) is 2.75. The van der Waals surface area contributed by atoms with Gasteiger partial charge in [0.1, 0.15) is 0 Å². The van der Waals surface area contributed by atoms with E-state index in [0.717, 1.165) is 16.7 Å². The first-order valence-corrected chi connectivity index (χ1v) is 7.13. The van der Waals surface area contributed by atoms with E-state index in [1.165, 1.54) is 18.4 Å². The van der Waals surface area contributed by atoms with Crippen LogP contribution in [0, 0.1) is 0 Å². The summed E-state index contributed by atoms with van der Waals surface area (Å²) in [4.78, 5) is 19.7. The molecule has 0 aliphatic rings. The van der Waals surface area contributed by atoms with Crippen molar-refractivity contribution < 1.29 is 9.53 Å². The highest BCUT2D eigenvalue weighted by Gasteiger charge is 2.12. The Morgan fingerprint density at radius 3 is 3.06 bits per heavy atom. The predicted molar refractivity (Wildman–Crippen MR) is 72.5 cm³/mol. The fourth-order valence-electron chi connectivity index (χ4n) is 1.36. The Balaban J connectivity index is 1.90. The highest BCUT2D eigenvalue weighted by Crippen LogP contribution is 2.20. The molecule has 96 valence electrons. The highest BCUT2D eigenvalue weighted by atomic mass is 32.1. The number of aromatic nitrogens is 2. The van der Waals surface area contributed by atoms with Crippen LogP contribution in [-0.4, -0.2) is 29.6 Å². The Kier molecular flexibility index (Phi) is 4.27. The Morgan fingerprint density at radius 1 is 1.56 bits per heavy atom. The van der Waals surface area contributed by atoms with Crippen molar-refractivity contribution in [2.75, 3.05) is 19.0 Å². The fraction of sp³-hybridized carbons (Fsp3) is 0.364. The molecule has 0 aromatic carbocycles. The van der Waals surface area contributed by atoms with Crippen LogP contribution in [-0.2, 0) is 4.74 Å². The van der Waals surface area contributed by atoms with E-state index in [1.807, 2.05) is 5.38 Å². The van der Waals surface area contributed by atoms with Crippen LogP contribution in [0.2, 0.25) is 0 Å². The SMILES string of the molecule is COC(=O)c1csc(NCC(C)c2nccs2)n1. The number of hydrogen-bond donors (Lipinski definition) is 1. The molecule has 1 unspecified atom stereocenters. The summed E-state index contributed by atoms with van der Waals surface area (Å²) in [5.41, 5.74) is 0.340. The van der Waals surface area contributed by atoms with Crippen molar-refractivity contribution in [3.8, 4) is 0 Å². The van der Waals surface area contributed by atoms with E-state index in [-0.39, 0.29) is 0 Å². The molecule has 1 N–H and O–H groups in total. The van der Waals surface area contributed by atoms with Gasteiger partial charge in [0, 0.05) is 29.4 Å². The number of thiazole rings is 2. The lowest BCUT2D eigenvalue weighted by molar-refractivity contribution is 0.0595. The van der Waals surface area contributed by atoms with Crippen molar-refractivity contribution in [1.29, 1.82) is 0 Å². The molecule has 0 radical (unpaired) electrons. The number of esters is 1. The van der Waals surface area contributed by atoms with Gasteiger partial charge in [-0.05, 0) is 0 Å². The lowest BCUT2D eigenvalue weighted by Gasteiger charge is -2.08. The molecule has 0 saturated carbocycles. The topological polar surface area (TPSA) is 64.1 Å². The van der Waals surface area contributed by atoms with Gasteiger partial charge in [0.05, 0.1) is 12.1 Å². The first kappa shape index (κ1) is 13.0. The largest absolute Gasteiger partial charge is 0.464 e. The summed E-state index contributed by atoms with van der Waals surface area (Å²) in [5, 5.41) is 8.66. The van der Waals surface area contributed by atoms with Crippen LogP contribution in [0.25, 0.3) is 0 Å². The van der Waals surface area contributed by atoms with Crippen molar-refractivity contribution in [2.45, 2.75) is 12.8 Å². The van der Waals surface area contributed by atoms with Gasteiger partial charge in [-0.15, -0.1) is 22.7 Å². The molecule has 0 bridgehead atoms. The Bertz CT molecular complexity index is 510. The number of nitrogens with one attached hydrogen (secondary N) is 1. The van der Waals surface area contributed by atoms with Gasteiger partial charge in [-0.25, -0.2) is 14.8 Å². The number of nitrogens with zero attached hydrogens (tertiary/aromatic N) is 2. The van der Waals surface area contributed by atoms with Crippen LogP contribution in [0.4, 0.5) is 5.13 Å². The summed E-state index contributed by atoms with van der Waals surface area (Å²) in [6, 6.07) is 0. The van der Waals surface area contributed by atoms with Gasteiger partial charge in [-0.1, -0.05) is 6.92 Å². The predicted octanol–water partition coefficient (Wildman–Crippen LogP) is 2.60. The van der Waals surface area contributed by atoms with Gasteiger partial charge in [0.15, 0.2) is 10.8 Å². The first-order valence-electron chi connectivity index (χ1n) is 5.38. The van der Waals surface area contributed by atoms with Gasteiger partial charge in [-0.2, -0.15) is 0 Å². The molecule has 0 spiro atoms. The van der Waals surface area contributed by atoms with Crippen molar-refractivity contribution in [1.82, 2.24) is 9.97 Å². The average molecular weight is 283 g/mol. The number of rotatable bonds is 5. The lowest BCUT2D eigenvalue weighted by atomic mass is 10.2. The third-order valence-corrected chi connectivity index (χ3v) is 4.14. The summed E-state index contributed by atoms with van der Waals surface area (Å²) in [6.45, 7) is 2.84. The number of carbonyl (C=O) groups is 1. The van der Waals surface area contributed by atoms with Crippen molar-refractivity contribution in [3.63, 3.8) is 0 Å². The van der Waals surface area contributed by atoms with Crippen LogP contribution in [0.15, 0.2) is 17.0 Å². The molecule has 18 heavy (non-hydrogen) atoms. The summed E-state index contributed by atoms with van der Waals surface area (Å²) < 4.78 is 4.60. The van der Waals surface area contributed by atoms with Crippen LogP contribution < -0.4 is 5.32 Å². The maximum Gasteiger partial charge on any atom is 0.357 e. The normalized spacial score (nSPS) is 12.1. The zero-order chi connectivity index (χ0) is 13.0. The molecule has 2 rings (SSSR count). The maximum absolute atomic E-state index is 11.2. The van der Waals surface area contributed by atoms with Crippen LogP contribution in [0.5, 0.6) is 0 Å². The van der Waals surface area contributed by atoms with Crippen molar-refractivity contribution in [2.24, 2.45) is 0 Å². The summed E-state index contributed by atoms with van der Waals surface area (Å²) in [5.74, 6) is -0.0947. The summed E-state index contributed by atoms with van der Waals surface area (Å²) in [6.07, 6.45) is 1.80. The van der Waals surface area contributed by atoms with Gasteiger partial charge in [0.2, 0.25) is 0 Å². The second-order valence-electron chi connectivity index (χ2n) is 3.68. The number of ether oxygens (including phenoxy) is 1. The second-order valence-corrected chi connectivity index (χ2v) is 5.47. The molecular formula is C11H13N3O2S2. The molecule has 0 fully saturated rings. The van der Waals surface area contributed by atoms with Crippen LogP contribution in [0.1, 0.15) is 28.3 Å². The van der Waals surface area contributed by atoms with Gasteiger partial charge >= 0.3 is 5.97 Å². The van der Waals surface area contributed by atoms with E-state index < -0.39 is 5.97 Å². The molecule has 2 aromatic heterocycles. The van der Waals surface area contributed by atoms with E-state index >= 15 is 0 Å². The van der Waals surface area contributed by atoms with E-state index in [9.17, 15) is 4.79 Å². The molecule has 1 atom stereocenters. The molecule has 7 heteroatoms. The quantitative estimate of drug-likeness (QED) is 0.854. The minimum absolute atomic E-state index is 0.315. The molecule has 2 heterocycles. The van der Waals surface area contributed by atoms with Crippen molar-refractivity contribution >= 4 is 33.8 Å². The molecule has 0 saturated heterocycles. The Morgan fingerprint density at radius 2 is 2.39 bits per heavy atom. The smallest absolute Gasteiger partial charge is 0.357 e. The zero-order valence-corrected chi connectivity index (χ0v) is 11.7. The second kappa shape index (κ2) is 5.92. The van der Waals surface area contributed by atoms with Gasteiger partial charge in [0.25, 0.3) is 0 Å². The highest BCUT2D eigenvalue weighted by molar-refractivity contribution is 7.13. The summed E-state index contributed by atoms with van der Waals surface area (Å²) >= 11 is 3.03. The van der Waals surface area contributed by atoms with Gasteiger partial charge in [-0.3, -0.25) is 0 Å². The Hall–Kier alpha value is -1.47. The van der Waals surface area contributed by atoms with E-state index in [0.29, 0.717) is 11.6 Å². The van der Waals surface area contributed by atoms with Crippen LogP contribution in [0.3, 0.4) is 0 Å². The van der Waals surface area contributed by atoms with E-state index in [2.05, 4.69) is 26.9 Å². The molecule has 0 aliphatic heterocycles. The molecule has 0 aliphatic carbocycles. The Labute approximate surface area is 113 Å². The number of anilines is 1. The van der Waals surface area contributed by atoms with E-state index in [1.54, 1.807) is 22.9 Å². The summed E-state index contributed by atoms with van der Waals surface area (Å²) in [7, 11) is 1.35. The standard InChI is InChI=1S/C11H13N3O2S2/c1-7(9-12-3-4-17-9)5-13-11-14-8(6-18-11)10(15)16-2/h3-4,6-7H,5H2,1-2H3,(H,13,14). The monoisotopic (exact) mass is 283 g/mol. The number of hydrogen-bond acceptors (Lipinski definition) is 7. The van der Waals surface area contributed by atoms with E-state index in [4.69, 9.17) is 0 Å². The third-order valence-electron chi connectivity index (χ3n) is 2.33. The maximum atomic E-state index is 11.2. The zero-order valence-electron chi connectivity index (χ0n) is 10.0. The van der Waals surface area contributed by atoms with Gasteiger partial charge < -0.3 is 10.1 Å². The number of carbonyl (C=O) groups excluding carboxylic acids is 1. The molecule has 2 aromatic rings. The van der Waals surface area contributed by atoms with Crippen molar-refractivity contribution in [3.05, 3.63) is 27.7 Å². The van der Waals surface area contributed by atoms with Crippen LogP contribution >= 0.6 is 22.7 Å². The third kappa shape index (κ3) is 3.05. The average Bonchev–Trinajstić information content (AvgIpc) is 3.05. The molecular weight excluding hydrogens is 270 g/mol. The first-order chi connectivity index (χ1) is 8.70. The molecule has 5 nitrogen and oxygen atoms in total.